The van der Waals surface area contributed by atoms with E-state index < -0.39 is 0 Å². The van der Waals surface area contributed by atoms with E-state index in [2.05, 4.69) is 11.5 Å². The van der Waals surface area contributed by atoms with E-state index in [1.54, 1.807) is 0 Å². The Balaban J connectivity index is 1.89. The summed E-state index contributed by atoms with van der Waals surface area (Å²) in [4.78, 5) is 16.7. The third-order valence-corrected chi connectivity index (χ3v) is 4.41. The lowest BCUT2D eigenvalue weighted by Crippen LogP contribution is -2.48. The van der Waals surface area contributed by atoms with Crippen LogP contribution in [-0.4, -0.2) is 61.1 Å². The summed E-state index contributed by atoms with van der Waals surface area (Å²) in [6, 6.07) is 0.556. The van der Waals surface area contributed by atoms with Crippen molar-refractivity contribution in [3.05, 3.63) is 12.7 Å². The lowest BCUT2D eigenvalue weighted by Gasteiger charge is -2.33. The first-order valence-electron chi connectivity index (χ1n) is 8.01. The standard InChI is InChI=1S/C16H28N2O2/c1-2-9-18(15-7-5-3-4-6-8-15)14-16(19)17-10-12-20-13-11-17/h2,15H,1,3-14H2. The number of amides is 1. The fourth-order valence-corrected chi connectivity index (χ4v) is 3.22. The quantitative estimate of drug-likeness (QED) is 0.571. The van der Waals surface area contributed by atoms with E-state index in [0.29, 0.717) is 25.8 Å². The summed E-state index contributed by atoms with van der Waals surface area (Å²) in [5, 5.41) is 0. The van der Waals surface area contributed by atoms with Crippen LogP contribution in [0.3, 0.4) is 0 Å². The van der Waals surface area contributed by atoms with E-state index in [-0.39, 0.29) is 5.91 Å². The highest BCUT2D eigenvalue weighted by molar-refractivity contribution is 5.78. The summed E-state index contributed by atoms with van der Waals surface area (Å²) < 4.78 is 5.31. The molecular weight excluding hydrogens is 252 g/mol. The predicted octanol–water partition coefficient (Wildman–Crippen LogP) is 2.06. The summed E-state index contributed by atoms with van der Waals surface area (Å²) in [5.74, 6) is 0.249. The van der Waals surface area contributed by atoms with Gasteiger partial charge in [0.25, 0.3) is 0 Å². The maximum Gasteiger partial charge on any atom is 0.236 e. The zero-order valence-electron chi connectivity index (χ0n) is 12.6. The molecule has 0 radical (unpaired) electrons. The van der Waals surface area contributed by atoms with Crippen LogP contribution in [0.5, 0.6) is 0 Å². The minimum atomic E-state index is 0.249. The molecule has 0 spiro atoms. The first-order valence-corrected chi connectivity index (χ1v) is 8.01. The number of morpholine rings is 1. The maximum atomic E-state index is 12.4. The Morgan fingerprint density at radius 1 is 1.20 bits per heavy atom. The maximum absolute atomic E-state index is 12.4. The molecule has 0 atom stereocenters. The van der Waals surface area contributed by atoms with Gasteiger partial charge in [0.2, 0.25) is 5.91 Å². The SMILES string of the molecule is C=CCN(CC(=O)N1CCOCC1)C1CCCCCC1. The van der Waals surface area contributed by atoms with Crippen molar-refractivity contribution in [2.45, 2.75) is 44.6 Å². The average Bonchev–Trinajstić information content (AvgIpc) is 2.76. The third-order valence-electron chi connectivity index (χ3n) is 4.41. The molecular formula is C16H28N2O2. The lowest BCUT2D eigenvalue weighted by molar-refractivity contribution is -0.137. The zero-order chi connectivity index (χ0) is 14.2. The fourth-order valence-electron chi connectivity index (χ4n) is 3.22. The molecule has 20 heavy (non-hydrogen) atoms. The van der Waals surface area contributed by atoms with Gasteiger partial charge in [0, 0.05) is 25.7 Å². The fraction of sp³-hybridized carbons (Fsp3) is 0.812. The Bertz CT molecular complexity index is 306. The highest BCUT2D eigenvalue weighted by atomic mass is 16.5. The van der Waals surface area contributed by atoms with Gasteiger partial charge in [-0.25, -0.2) is 0 Å². The predicted molar refractivity (Wildman–Crippen MR) is 80.7 cm³/mol. The van der Waals surface area contributed by atoms with Crippen molar-refractivity contribution in [1.29, 1.82) is 0 Å². The van der Waals surface area contributed by atoms with Crippen LogP contribution in [0.4, 0.5) is 0 Å². The molecule has 1 saturated carbocycles. The number of carbonyl (C=O) groups is 1. The van der Waals surface area contributed by atoms with Crippen molar-refractivity contribution in [2.75, 3.05) is 39.4 Å². The van der Waals surface area contributed by atoms with Crippen LogP contribution in [0.1, 0.15) is 38.5 Å². The largest absolute Gasteiger partial charge is 0.378 e. The van der Waals surface area contributed by atoms with Gasteiger partial charge in [0.1, 0.15) is 0 Å². The molecule has 1 saturated heterocycles. The highest BCUT2D eigenvalue weighted by Gasteiger charge is 2.24. The van der Waals surface area contributed by atoms with Crippen molar-refractivity contribution in [1.82, 2.24) is 9.80 Å². The van der Waals surface area contributed by atoms with Gasteiger partial charge in [-0.05, 0) is 12.8 Å². The number of hydrogen-bond donors (Lipinski definition) is 0. The molecule has 2 fully saturated rings. The Morgan fingerprint density at radius 3 is 2.45 bits per heavy atom. The zero-order valence-corrected chi connectivity index (χ0v) is 12.6. The van der Waals surface area contributed by atoms with Crippen LogP contribution in [0.2, 0.25) is 0 Å². The highest BCUT2D eigenvalue weighted by Crippen LogP contribution is 2.22. The number of carbonyl (C=O) groups excluding carboxylic acids is 1. The lowest BCUT2D eigenvalue weighted by atomic mass is 10.1. The van der Waals surface area contributed by atoms with Crippen LogP contribution in [0.25, 0.3) is 0 Å². The van der Waals surface area contributed by atoms with E-state index in [1.807, 2.05) is 11.0 Å². The second-order valence-corrected chi connectivity index (χ2v) is 5.86. The van der Waals surface area contributed by atoms with Crippen LogP contribution in [0.15, 0.2) is 12.7 Å². The first kappa shape index (κ1) is 15.5. The molecule has 1 aliphatic carbocycles. The number of nitrogens with zero attached hydrogens (tertiary/aromatic N) is 2. The van der Waals surface area contributed by atoms with Crippen LogP contribution in [-0.2, 0) is 9.53 Å². The molecule has 0 aromatic carbocycles. The summed E-state index contributed by atoms with van der Waals surface area (Å²) in [6.45, 7) is 8.05. The summed E-state index contributed by atoms with van der Waals surface area (Å²) in [7, 11) is 0. The molecule has 1 amide bonds. The Morgan fingerprint density at radius 2 is 1.85 bits per heavy atom. The Hall–Kier alpha value is -0.870. The van der Waals surface area contributed by atoms with Gasteiger partial charge in [-0.1, -0.05) is 31.8 Å². The molecule has 2 aliphatic rings. The van der Waals surface area contributed by atoms with Crippen molar-refractivity contribution in [3.63, 3.8) is 0 Å². The average molecular weight is 280 g/mol. The van der Waals surface area contributed by atoms with Crippen molar-refractivity contribution in [2.24, 2.45) is 0 Å². The molecule has 2 rings (SSSR count). The van der Waals surface area contributed by atoms with Crippen LogP contribution < -0.4 is 0 Å². The minimum absolute atomic E-state index is 0.249. The number of ether oxygens (including phenoxy) is 1. The van der Waals surface area contributed by atoms with E-state index in [1.165, 1.54) is 38.5 Å². The molecule has 0 aromatic rings. The first-order chi connectivity index (χ1) is 9.81. The molecule has 4 heteroatoms. The normalized spacial score (nSPS) is 21.8. The summed E-state index contributed by atoms with van der Waals surface area (Å²) in [5.41, 5.74) is 0. The smallest absolute Gasteiger partial charge is 0.236 e. The summed E-state index contributed by atoms with van der Waals surface area (Å²) >= 11 is 0. The van der Waals surface area contributed by atoms with Crippen LogP contribution in [0, 0.1) is 0 Å². The van der Waals surface area contributed by atoms with Gasteiger partial charge in [-0.3, -0.25) is 9.69 Å². The molecule has 0 unspecified atom stereocenters. The van der Waals surface area contributed by atoms with E-state index in [9.17, 15) is 4.79 Å². The topological polar surface area (TPSA) is 32.8 Å². The van der Waals surface area contributed by atoms with Gasteiger partial charge < -0.3 is 9.64 Å². The Kier molecular flexibility index (Phi) is 6.54. The van der Waals surface area contributed by atoms with Crippen molar-refractivity contribution >= 4 is 5.91 Å². The second kappa shape index (κ2) is 8.42. The molecule has 0 N–H and O–H groups in total. The van der Waals surface area contributed by atoms with Gasteiger partial charge in [-0.2, -0.15) is 0 Å². The molecule has 0 bridgehead atoms. The van der Waals surface area contributed by atoms with E-state index >= 15 is 0 Å². The molecule has 1 aliphatic heterocycles. The molecule has 0 aromatic heterocycles. The van der Waals surface area contributed by atoms with E-state index in [0.717, 1.165) is 19.6 Å². The number of hydrogen-bond acceptors (Lipinski definition) is 3. The molecule has 1 heterocycles. The second-order valence-electron chi connectivity index (χ2n) is 5.86. The Labute approximate surface area is 122 Å². The summed E-state index contributed by atoms with van der Waals surface area (Å²) in [6.07, 6.45) is 9.66. The van der Waals surface area contributed by atoms with Gasteiger partial charge in [0.15, 0.2) is 0 Å². The number of rotatable bonds is 5. The van der Waals surface area contributed by atoms with Crippen molar-refractivity contribution in [3.8, 4) is 0 Å². The minimum Gasteiger partial charge on any atom is -0.378 e. The van der Waals surface area contributed by atoms with Crippen LogP contribution >= 0.6 is 0 Å². The van der Waals surface area contributed by atoms with Crippen molar-refractivity contribution < 1.29 is 9.53 Å². The molecule has 4 nitrogen and oxygen atoms in total. The van der Waals surface area contributed by atoms with Gasteiger partial charge >= 0.3 is 0 Å². The molecule has 114 valence electrons. The van der Waals surface area contributed by atoms with Gasteiger partial charge in [0.05, 0.1) is 19.8 Å². The van der Waals surface area contributed by atoms with Gasteiger partial charge in [-0.15, -0.1) is 6.58 Å². The third kappa shape index (κ3) is 4.60. The monoisotopic (exact) mass is 280 g/mol. The van der Waals surface area contributed by atoms with E-state index in [4.69, 9.17) is 4.74 Å².